The van der Waals surface area contributed by atoms with Crippen LogP contribution in [0.5, 0.6) is 0 Å². The second kappa shape index (κ2) is 9.87. The normalized spacial score (nSPS) is 15.1. The Hall–Kier alpha value is -2.30. The topological polar surface area (TPSA) is 47.9 Å². The first-order valence-electron chi connectivity index (χ1n) is 9.08. The molecule has 1 amide bonds. The van der Waals surface area contributed by atoms with E-state index in [0.29, 0.717) is 13.0 Å². The fourth-order valence-corrected chi connectivity index (χ4v) is 2.84. The van der Waals surface area contributed by atoms with Gasteiger partial charge in [0, 0.05) is 40.2 Å². The number of hydrogen-bond donors (Lipinski definition) is 1. The van der Waals surface area contributed by atoms with Crippen LogP contribution in [0.1, 0.15) is 31.7 Å². The van der Waals surface area contributed by atoms with Crippen molar-refractivity contribution in [3.05, 3.63) is 41.5 Å². The third-order valence-corrected chi connectivity index (χ3v) is 4.30. The molecular weight excluding hydrogens is 312 g/mol. The van der Waals surface area contributed by atoms with Gasteiger partial charge in [0.2, 0.25) is 5.91 Å². The lowest BCUT2D eigenvalue weighted by atomic mass is 10.0. The molecule has 0 atom stereocenters. The monoisotopic (exact) mass is 342 g/mol. The fourth-order valence-electron chi connectivity index (χ4n) is 2.84. The van der Waals surface area contributed by atoms with E-state index in [1.165, 1.54) is 11.1 Å². The van der Waals surface area contributed by atoms with Crippen molar-refractivity contribution in [2.45, 2.75) is 26.2 Å². The second-order valence-corrected chi connectivity index (χ2v) is 6.47. The highest BCUT2D eigenvalue weighted by atomic mass is 16.2. The zero-order chi connectivity index (χ0) is 18.1. The highest BCUT2D eigenvalue weighted by Gasteiger charge is 2.17. The Labute approximate surface area is 151 Å². The molecule has 0 radical (unpaired) electrons. The van der Waals surface area contributed by atoms with Gasteiger partial charge < -0.3 is 15.1 Å². The molecule has 1 aliphatic rings. The Morgan fingerprint density at radius 3 is 2.52 bits per heavy atom. The predicted octanol–water partition coefficient (Wildman–Crippen LogP) is 2.61. The molecular formula is C20H30N4O. The fraction of sp³-hybridized carbons (Fsp3) is 0.500. The molecule has 1 fully saturated rings. The van der Waals surface area contributed by atoms with E-state index in [9.17, 15) is 4.79 Å². The molecule has 25 heavy (non-hydrogen) atoms. The van der Waals surface area contributed by atoms with E-state index in [4.69, 9.17) is 0 Å². The maximum Gasteiger partial charge on any atom is 0.223 e. The number of aliphatic imine (C=N–C) groups is 1. The van der Waals surface area contributed by atoms with E-state index in [0.717, 1.165) is 38.4 Å². The Kier molecular flexibility index (Phi) is 7.51. The number of carbonyl (C=O) groups is 1. The van der Waals surface area contributed by atoms with Gasteiger partial charge in [-0.05, 0) is 25.3 Å². The Bertz CT molecular complexity index is 597. The lowest BCUT2D eigenvalue weighted by molar-refractivity contribution is -0.128. The van der Waals surface area contributed by atoms with Gasteiger partial charge in [-0.25, -0.2) is 0 Å². The highest BCUT2D eigenvalue weighted by Crippen LogP contribution is 2.19. The van der Waals surface area contributed by atoms with Crippen LogP contribution in [0.3, 0.4) is 0 Å². The van der Waals surface area contributed by atoms with Crippen LogP contribution in [-0.4, -0.2) is 61.9 Å². The van der Waals surface area contributed by atoms with Crippen LogP contribution in [0, 0.1) is 0 Å². The van der Waals surface area contributed by atoms with Crippen LogP contribution in [0.2, 0.25) is 0 Å². The summed E-state index contributed by atoms with van der Waals surface area (Å²) in [4.78, 5) is 20.2. The van der Waals surface area contributed by atoms with Crippen LogP contribution in [0.15, 0.2) is 40.9 Å². The number of nitrogens with zero attached hydrogens (tertiary/aromatic N) is 3. The van der Waals surface area contributed by atoms with Crippen molar-refractivity contribution < 1.29 is 4.79 Å². The van der Waals surface area contributed by atoms with Gasteiger partial charge in [-0.3, -0.25) is 9.79 Å². The average molecular weight is 342 g/mol. The third kappa shape index (κ3) is 6.25. The van der Waals surface area contributed by atoms with Crippen molar-refractivity contribution in [1.29, 1.82) is 0 Å². The summed E-state index contributed by atoms with van der Waals surface area (Å²) in [7, 11) is 3.56. The number of likely N-dealkylation sites (tertiary alicyclic amines) is 1. The summed E-state index contributed by atoms with van der Waals surface area (Å²) >= 11 is 0. The van der Waals surface area contributed by atoms with Gasteiger partial charge >= 0.3 is 0 Å². The van der Waals surface area contributed by atoms with E-state index in [1.807, 2.05) is 6.07 Å². The number of nitrogens with one attached hydrogen (secondary N) is 1. The van der Waals surface area contributed by atoms with Gasteiger partial charge in [-0.2, -0.15) is 0 Å². The Morgan fingerprint density at radius 1 is 1.24 bits per heavy atom. The lowest BCUT2D eigenvalue weighted by Gasteiger charge is -2.31. The number of piperidine rings is 1. The van der Waals surface area contributed by atoms with Gasteiger partial charge in [-0.15, -0.1) is 0 Å². The van der Waals surface area contributed by atoms with Gasteiger partial charge in [0.25, 0.3) is 0 Å². The minimum atomic E-state index is 0.117. The number of carbonyl (C=O) groups excluding carboxylic acids is 1. The zero-order valence-electron chi connectivity index (χ0n) is 15.7. The molecule has 0 saturated carbocycles. The summed E-state index contributed by atoms with van der Waals surface area (Å²) < 4.78 is 0. The van der Waals surface area contributed by atoms with E-state index < -0.39 is 0 Å². The van der Waals surface area contributed by atoms with Crippen LogP contribution in [0.4, 0.5) is 0 Å². The van der Waals surface area contributed by atoms with E-state index in [-0.39, 0.29) is 5.91 Å². The minimum Gasteiger partial charge on any atom is -0.357 e. The molecule has 0 aromatic heterocycles. The largest absolute Gasteiger partial charge is 0.357 e. The molecule has 1 aromatic rings. The molecule has 0 unspecified atom stereocenters. The molecule has 5 heteroatoms. The molecule has 2 rings (SSSR count). The first kappa shape index (κ1) is 19.0. The maximum absolute atomic E-state index is 11.7. The maximum atomic E-state index is 11.7. The smallest absolute Gasteiger partial charge is 0.223 e. The minimum absolute atomic E-state index is 0.117. The SMILES string of the molecule is CCNC(=NCCC(=O)N(C)C)N1CCC(=Cc2ccccc2)CC1. The van der Waals surface area contributed by atoms with Crippen LogP contribution < -0.4 is 5.32 Å². The standard InChI is InChI=1S/C20H30N4O/c1-4-21-20(22-13-10-19(25)23(2)3)24-14-11-18(12-15-24)16-17-8-6-5-7-9-17/h5-9,16H,4,10-15H2,1-3H3,(H,21,22). The molecule has 136 valence electrons. The molecule has 1 aromatic carbocycles. The van der Waals surface area contributed by atoms with Gasteiger partial charge in [0.05, 0.1) is 6.54 Å². The van der Waals surface area contributed by atoms with Crippen LogP contribution in [-0.2, 0) is 4.79 Å². The molecule has 0 aliphatic carbocycles. The third-order valence-electron chi connectivity index (χ3n) is 4.30. The van der Waals surface area contributed by atoms with Crippen LogP contribution in [0.25, 0.3) is 6.08 Å². The number of hydrogen-bond acceptors (Lipinski definition) is 2. The molecule has 0 spiro atoms. The zero-order valence-corrected chi connectivity index (χ0v) is 15.7. The molecule has 5 nitrogen and oxygen atoms in total. The number of benzene rings is 1. The average Bonchev–Trinajstić information content (AvgIpc) is 2.62. The second-order valence-electron chi connectivity index (χ2n) is 6.47. The molecule has 1 saturated heterocycles. The van der Waals surface area contributed by atoms with E-state index >= 15 is 0 Å². The van der Waals surface area contributed by atoms with E-state index in [1.54, 1.807) is 19.0 Å². The first-order valence-corrected chi connectivity index (χ1v) is 9.08. The van der Waals surface area contributed by atoms with Crippen LogP contribution >= 0.6 is 0 Å². The van der Waals surface area contributed by atoms with Gasteiger partial charge in [0.15, 0.2) is 5.96 Å². The van der Waals surface area contributed by atoms with Crippen molar-refractivity contribution >= 4 is 17.9 Å². The van der Waals surface area contributed by atoms with E-state index in [2.05, 4.69) is 52.5 Å². The van der Waals surface area contributed by atoms with Gasteiger partial charge in [0.1, 0.15) is 0 Å². The summed E-state index contributed by atoms with van der Waals surface area (Å²) in [6.45, 7) is 5.37. The lowest BCUT2D eigenvalue weighted by Crippen LogP contribution is -2.44. The summed E-state index contributed by atoms with van der Waals surface area (Å²) in [6.07, 6.45) is 4.86. The Morgan fingerprint density at radius 2 is 1.92 bits per heavy atom. The predicted molar refractivity (Wildman–Crippen MR) is 105 cm³/mol. The summed E-state index contributed by atoms with van der Waals surface area (Å²) in [6, 6.07) is 10.5. The highest BCUT2D eigenvalue weighted by molar-refractivity contribution is 5.81. The molecule has 0 bridgehead atoms. The summed E-state index contributed by atoms with van der Waals surface area (Å²) in [5.74, 6) is 1.04. The molecule has 1 N–H and O–H groups in total. The quantitative estimate of drug-likeness (QED) is 0.661. The number of rotatable bonds is 5. The van der Waals surface area contributed by atoms with Crippen molar-refractivity contribution in [2.75, 3.05) is 40.3 Å². The van der Waals surface area contributed by atoms with Crippen molar-refractivity contribution in [1.82, 2.24) is 15.1 Å². The number of guanidine groups is 1. The summed E-state index contributed by atoms with van der Waals surface area (Å²) in [5.41, 5.74) is 2.76. The van der Waals surface area contributed by atoms with Crippen molar-refractivity contribution in [2.24, 2.45) is 4.99 Å². The molecule has 1 heterocycles. The number of amides is 1. The molecule has 1 aliphatic heterocycles. The Balaban J connectivity index is 1.91. The van der Waals surface area contributed by atoms with Crippen molar-refractivity contribution in [3.63, 3.8) is 0 Å². The van der Waals surface area contributed by atoms with Crippen molar-refractivity contribution in [3.8, 4) is 0 Å². The first-order chi connectivity index (χ1) is 12.1. The van der Waals surface area contributed by atoms with Gasteiger partial charge in [-0.1, -0.05) is 42.0 Å². The summed E-state index contributed by atoms with van der Waals surface area (Å²) in [5, 5.41) is 3.35.